The van der Waals surface area contributed by atoms with Crippen LogP contribution in [0.1, 0.15) is 63.4 Å². The molecule has 0 unspecified atom stereocenters. The fraction of sp³-hybridized carbons (Fsp3) is 0.321. The van der Waals surface area contributed by atoms with Gasteiger partial charge in [0, 0.05) is 15.0 Å². The number of carbonyl (C=O) groups is 3. The molecular weight excluding hydrogens is 630 g/mol. The van der Waals surface area contributed by atoms with Crippen LogP contribution in [0.2, 0.25) is 0 Å². The predicted octanol–water partition coefficient (Wildman–Crippen LogP) is 5.79. The number of aryl methyl sites for hydroxylation is 1. The number of fused-ring (bicyclic) bond motifs is 1. The SMILES string of the molecule is CCOC(=O)c1c(NC(=O)CSc2nnc(CNC(=O)c3ccco3)n2-c2ccc(Br)cc2)sc2c1CCCCC2. The summed E-state index contributed by atoms with van der Waals surface area (Å²) in [7, 11) is 0. The zero-order valence-corrected chi connectivity index (χ0v) is 25.5. The van der Waals surface area contributed by atoms with E-state index in [1.54, 1.807) is 23.6 Å². The van der Waals surface area contributed by atoms with E-state index in [2.05, 4.69) is 36.8 Å². The first-order valence-electron chi connectivity index (χ1n) is 13.2. The molecule has 0 spiro atoms. The van der Waals surface area contributed by atoms with Crippen molar-refractivity contribution in [2.45, 2.75) is 50.7 Å². The van der Waals surface area contributed by atoms with E-state index in [-0.39, 0.29) is 36.5 Å². The molecule has 0 saturated carbocycles. The number of thiophene rings is 1. The smallest absolute Gasteiger partial charge is 0.341 e. The van der Waals surface area contributed by atoms with Crippen molar-refractivity contribution in [3.05, 3.63) is 74.7 Å². The monoisotopic (exact) mass is 657 g/mol. The van der Waals surface area contributed by atoms with Crippen LogP contribution in [-0.4, -0.2) is 44.9 Å². The third-order valence-corrected chi connectivity index (χ3v) is 9.09. The number of anilines is 1. The molecule has 1 aliphatic rings. The van der Waals surface area contributed by atoms with Gasteiger partial charge in [-0.15, -0.1) is 21.5 Å². The van der Waals surface area contributed by atoms with Crippen molar-refractivity contribution in [1.29, 1.82) is 0 Å². The number of nitrogens with one attached hydrogen (secondary N) is 2. The fourth-order valence-corrected chi connectivity index (χ4v) is 6.88. The quantitative estimate of drug-likeness (QED) is 0.125. The lowest BCUT2D eigenvalue weighted by Crippen LogP contribution is -2.24. The van der Waals surface area contributed by atoms with Crippen LogP contribution < -0.4 is 10.6 Å². The Morgan fingerprint density at radius 2 is 1.93 bits per heavy atom. The van der Waals surface area contributed by atoms with E-state index in [0.717, 1.165) is 52.7 Å². The van der Waals surface area contributed by atoms with Gasteiger partial charge in [-0.25, -0.2) is 4.79 Å². The van der Waals surface area contributed by atoms with Crippen LogP contribution in [0.25, 0.3) is 5.69 Å². The Kier molecular flexibility index (Phi) is 9.57. The molecule has 0 radical (unpaired) electrons. The first-order valence-corrected chi connectivity index (χ1v) is 15.8. The number of halogens is 1. The Morgan fingerprint density at radius 3 is 2.68 bits per heavy atom. The number of furan rings is 1. The van der Waals surface area contributed by atoms with Gasteiger partial charge in [-0.2, -0.15) is 0 Å². The largest absolute Gasteiger partial charge is 0.462 e. The maximum atomic E-state index is 13.1. The molecule has 0 aliphatic heterocycles. The molecule has 41 heavy (non-hydrogen) atoms. The molecule has 0 fully saturated rings. The first kappa shape index (κ1) is 29.1. The third-order valence-electron chi connectivity index (χ3n) is 6.42. The van der Waals surface area contributed by atoms with E-state index < -0.39 is 5.97 Å². The van der Waals surface area contributed by atoms with Crippen LogP contribution in [0.3, 0.4) is 0 Å². The van der Waals surface area contributed by atoms with E-state index in [4.69, 9.17) is 9.15 Å². The standard InChI is InChI=1S/C28H28BrN5O5S2/c1-2-38-27(37)24-19-7-4-3-5-9-21(19)41-26(24)31-23(35)16-40-28-33-32-22(15-30-25(36)20-8-6-14-39-20)34(28)18-12-10-17(29)11-13-18/h6,8,10-14H,2-5,7,9,15-16H2,1H3,(H,30,36)(H,31,35). The zero-order valence-electron chi connectivity index (χ0n) is 22.3. The summed E-state index contributed by atoms with van der Waals surface area (Å²) in [5, 5.41) is 15.4. The Bertz CT molecular complexity index is 1530. The summed E-state index contributed by atoms with van der Waals surface area (Å²) in [6.07, 6.45) is 6.33. The molecule has 4 aromatic rings. The average Bonchev–Trinajstić information content (AvgIpc) is 3.68. The zero-order chi connectivity index (χ0) is 28.8. The van der Waals surface area contributed by atoms with Gasteiger partial charge in [-0.1, -0.05) is 34.1 Å². The van der Waals surface area contributed by atoms with Crippen molar-refractivity contribution in [2.75, 3.05) is 17.7 Å². The van der Waals surface area contributed by atoms with Crippen molar-refractivity contribution in [3.8, 4) is 5.69 Å². The highest BCUT2D eigenvalue weighted by molar-refractivity contribution is 9.10. The van der Waals surface area contributed by atoms with Gasteiger partial charge in [-0.3, -0.25) is 14.2 Å². The topological polar surface area (TPSA) is 128 Å². The minimum Gasteiger partial charge on any atom is -0.462 e. The van der Waals surface area contributed by atoms with Crippen molar-refractivity contribution in [1.82, 2.24) is 20.1 Å². The highest BCUT2D eigenvalue weighted by Crippen LogP contribution is 2.38. The van der Waals surface area contributed by atoms with Crippen LogP contribution in [0.5, 0.6) is 0 Å². The number of hydrogen-bond donors (Lipinski definition) is 2. The normalized spacial score (nSPS) is 12.8. The Labute approximate surface area is 253 Å². The number of thioether (sulfide) groups is 1. The molecule has 214 valence electrons. The van der Waals surface area contributed by atoms with Crippen molar-refractivity contribution >= 4 is 61.8 Å². The highest BCUT2D eigenvalue weighted by atomic mass is 79.9. The van der Waals surface area contributed by atoms with Crippen molar-refractivity contribution in [2.24, 2.45) is 0 Å². The molecule has 0 bridgehead atoms. The van der Waals surface area contributed by atoms with Crippen LogP contribution in [-0.2, 0) is 28.9 Å². The summed E-state index contributed by atoms with van der Waals surface area (Å²) in [5.41, 5.74) is 2.26. The van der Waals surface area contributed by atoms with Crippen LogP contribution in [0, 0.1) is 0 Å². The van der Waals surface area contributed by atoms with Gasteiger partial charge < -0.3 is 19.8 Å². The average molecular weight is 659 g/mol. The molecule has 5 rings (SSSR count). The van der Waals surface area contributed by atoms with Gasteiger partial charge in [0.05, 0.1) is 30.7 Å². The lowest BCUT2D eigenvalue weighted by molar-refractivity contribution is -0.113. The molecule has 0 atom stereocenters. The lowest BCUT2D eigenvalue weighted by Gasteiger charge is -2.11. The van der Waals surface area contributed by atoms with E-state index in [1.807, 2.05) is 24.3 Å². The molecule has 1 aliphatic carbocycles. The van der Waals surface area contributed by atoms with E-state index in [0.29, 0.717) is 21.5 Å². The second-order valence-corrected chi connectivity index (χ2v) is 12.2. The Morgan fingerprint density at radius 1 is 1.12 bits per heavy atom. The maximum Gasteiger partial charge on any atom is 0.341 e. The molecule has 3 aromatic heterocycles. The van der Waals surface area contributed by atoms with E-state index in [9.17, 15) is 14.4 Å². The highest BCUT2D eigenvalue weighted by Gasteiger charge is 2.27. The third kappa shape index (κ3) is 6.91. The number of rotatable bonds is 10. The Hall–Kier alpha value is -3.42. The first-order chi connectivity index (χ1) is 19.9. The molecule has 2 amide bonds. The van der Waals surface area contributed by atoms with Gasteiger partial charge in [0.1, 0.15) is 5.00 Å². The van der Waals surface area contributed by atoms with Crippen LogP contribution in [0.15, 0.2) is 56.7 Å². The van der Waals surface area contributed by atoms with Gasteiger partial charge in [0.25, 0.3) is 5.91 Å². The summed E-state index contributed by atoms with van der Waals surface area (Å²) >= 11 is 6.13. The fourth-order valence-electron chi connectivity index (χ4n) is 4.55. The summed E-state index contributed by atoms with van der Waals surface area (Å²) in [4.78, 5) is 39.5. The molecular formula is C28H28BrN5O5S2. The number of hydrogen-bond acceptors (Lipinski definition) is 9. The molecule has 3 heterocycles. The Balaban J connectivity index is 1.33. The predicted molar refractivity (Wildman–Crippen MR) is 160 cm³/mol. The second-order valence-electron chi connectivity index (χ2n) is 9.20. The summed E-state index contributed by atoms with van der Waals surface area (Å²) < 4.78 is 13.2. The van der Waals surface area contributed by atoms with Crippen LogP contribution in [0.4, 0.5) is 5.00 Å². The van der Waals surface area contributed by atoms with Gasteiger partial charge in [0.2, 0.25) is 5.91 Å². The van der Waals surface area contributed by atoms with Crippen molar-refractivity contribution in [3.63, 3.8) is 0 Å². The molecule has 10 nitrogen and oxygen atoms in total. The molecule has 0 saturated heterocycles. The van der Waals surface area contributed by atoms with E-state index >= 15 is 0 Å². The summed E-state index contributed by atoms with van der Waals surface area (Å²) in [6.45, 7) is 2.14. The summed E-state index contributed by atoms with van der Waals surface area (Å²) in [6, 6.07) is 10.8. The molecule has 1 aromatic carbocycles. The van der Waals surface area contributed by atoms with Gasteiger partial charge >= 0.3 is 5.97 Å². The number of carbonyl (C=O) groups excluding carboxylic acids is 3. The van der Waals surface area contributed by atoms with Crippen LogP contribution >= 0.6 is 39.0 Å². The number of benzene rings is 1. The number of aromatic nitrogens is 3. The van der Waals surface area contributed by atoms with Crippen molar-refractivity contribution < 1.29 is 23.5 Å². The maximum absolute atomic E-state index is 13.1. The van der Waals surface area contributed by atoms with Gasteiger partial charge in [-0.05, 0) is 74.6 Å². The number of nitrogens with zero attached hydrogens (tertiary/aromatic N) is 3. The molecule has 13 heteroatoms. The lowest BCUT2D eigenvalue weighted by atomic mass is 10.1. The minimum absolute atomic E-state index is 0.0399. The number of esters is 1. The van der Waals surface area contributed by atoms with E-state index in [1.165, 1.54) is 29.4 Å². The summed E-state index contributed by atoms with van der Waals surface area (Å²) in [5.74, 6) is -0.319. The second kappa shape index (κ2) is 13.5. The number of ether oxygens (including phenoxy) is 1. The minimum atomic E-state index is -0.397. The number of amides is 2. The molecule has 2 N–H and O–H groups in total. The van der Waals surface area contributed by atoms with Gasteiger partial charge in [0.15, 0.2) is 16.7 Å².